The lowest BCUT2D eigenvalue weighted by molar-refractivity contribution is 0.147. The van der Waals surface area contributed by atoms with E-state index in [4.69, 9.17) is 8.83 Å². The number of aromatic nitrogens is 2. The van der Waals surface area contributed by atoms with Gasteiger partial charge in [0.25, 0.3) is 0 Å². The van der Waals surface area contributed by atoms with Crippen molar-refractivity contribution in [1.82, 2.24) is 9.13 Å². The third kappa shape index (κ3) is 9.38. The molecule has 13 aromatic rings. The number of hydrogen-bond donors (Lipinski definition) is 0. The molecule has 4 heterocycles. The van der Waals surface area contributed by atoms with Crippen LogP contribution in [0.4, 0.5) is 0 Å². The van der Waals surface area contributed by atoms with Gasteiger partial charge in [-0.05, 0) is 161 Å². The van der Waals surface area contributed by atoms with Gasteiger partial charge in [-0.3, -0.25) is 0 Å². The first-order valence-corrected chi connectivity index (χ1v) is 30.2. The molecule has 0 bridgehead atoms. The van der Waals surface area contributed by atoms with Crippen LogP contribution in [0.2, 0.25) is 0 Å². The molecule has 4 nitrogen and oxygen atoms in total. The lowest BCUT2D eigenvalue weighted by atomic mass is 9.63. The Bertz CT molecular complexity index is 4030. The molecular formula is C76H76N2O2. The van der Waals surface area contributed by atoms with E-state index in [-0.39, 0.29) is 10.8 Å². The number of benzene rings is 9. The topological polar surface area (TPSA) is 36.1 Å². The maximum atomic E-state index is 6.85. The van der Waals surface area contributed by atoms with Gasteiger partial charge in [0.1, 0.15) is 22.3 Å². The maximum Gasteiger partial charge on any atom is 0.136 e. The smallest absolute Gasteiger partial charge is 0.136 e. The van der Waals surface area contributed by atoms with Crippen LogP contribution in [-0.2, 0) is 0 Å². The van der Waals surface area contributed by atoms with Crippen molar-refractivity contribution < 1.29 is 8.83 Å². The second kappa shape index (κ2) is 21.3. The fourth-order valence-electron chi connectivity index (χ4n) is 14.0. The molecule has 13 rings (SSSR count). The molecule has 80 heavy (non-hydrogen) atoms. The number of rotatable bonds is 20. The summed E-state index contributed by atoms with van der Waals surface area (Å²) >= 11 is 0. The minimum Gasteiger partial charge on any atom is -0.456 e. The van der Waals surface area contributed by atoms with Crippen LogP contribution >= 0.6 is 0 Å². The molecule has 0 saturated heterocycles. The zero-order chi connectivity index (χ0) is 54.5. The molecule has 0 amide bonds. The summed E-state index contributed by atoms with van der Waals surface area (Å²) in [7, 11) is 0. The molecule has 1 atom stereocenters. The van der Waals surface area contributed by atoms with Crippen molar-refractivity contribution in [2.45, 2.75) is 131 Å². The second-order valence-electron chi connectivity index (χ2n) is 24.5. The Balaban J connectivity index is 0.946. The summed E-state index contributed by atoms with van der Waals surface area (Å²) in [5.74, 6) is 0.356. The van der Waals surface area contributed by atoms with Crippen LogP contribution in [0.25, 0.3) is 121 Å². The van der Waals surface area contributed by atoms with Crippen LogP contribution in [0.5, 0.6) is 0 Å². The molecule has 9 aromatic carbocycles. The van der Waals surface area contributed by atoms with Gasteiger partial charge in [-0.15, -0.1) is 0 Å². The molecule has 0 aliphatic carbocycles. The summed E-state index contributed by atoms with van der Waals surface area (Å²) in [6.07, 6.45) is 16.4. The van der Waals surface area contributed by atoms with E-state index in [1.807, 2.05) is 0 Å². The summed E-state index contributed by atoms with van der Waals surface area (Å²) in [5.41, 5.74) is 17.2. The minimum atomic E-state index is 0.0787. The quantitative estimate of drug-likeness (QED) is 0.0713. The van der Waals surface area contributed by atoms with E-state index in [9.17, 15) is 0 Å². The molecule has 4 heteroatoms. The van der Waals surface area contributed by atoms with Crippen LogP contribution < -0.4 is 0 Å². The highest BCUT2D eigenvalue weighted by Crippen LogP contribution is 2.51. The molecule has 0 aliphatic rings. The highest BCUT2D eigenvalue weighted by molar-refractivity contribution is 6.12. The Labute approximate surface area is 472 Å². The van der Waals surface area contributed by atoms with Crippen molar-refractivity contribution in [3.63, 3.8) is 0 Å². The zero-order valence-corrected chi connectivity index (χ0v) is 47.9. The molecule has 4 aromatic heterocycles. The van der Waals surface area contributed by atoms with Gasteiger partial charge in [0, 0.05) is 54.5 Å². The first-order valence-electron chi connectivity index (χ1n) is 30.2. The lowest BCUT2D eigenvalue weighted by Crippen LogP contribution is -2.29. The van der Waals surface area contributed by atoms with E-state index >= 15 is 0 Å². The molecule has 0 radical (unpaired) electrons. The number of nitrogens with zero attached hydrogens (tertiary/aromatic N) is 2. The van der Waals surface area contributed by atoms with Gasteiger partial charge in [-0.25, -0.2) is 0 Å². The number of furan rings is 2. The van der Waals surface area contributed by atoms with Crippen LogP contribution in [-0.4, -0.2) is 9.13 Å². The fraction of sp³-hybridized carbons (Fsp3) is 0.289. The Morgan fingerprint density at radius 2 is 0.775 bits per heavy atom. The van der Waals surface area contributed by atoms with Crippen LogP contribution in [0.3, 0.4) is 0 Å². The van der Waals surface area contributed by atoms with Gasteiger partial charge in [-0.2, -0.15) is 0 Å². The molecule has 0 fully saturated rings. The van der Waals surface area contributed by atoms with Crippen molar-refractivity contribution in [1.29, 1.82) is 0 Å². The second-order valence-corrected chi connectivity index (χ2v) is 24.5. The van der Waals surface area contributed by atoms with Gasteiger partial charge in [0.05, 0.1) is 22.1 Å². The number of hydrogen-bond acceptors (Lipinski definition) is 2. The van der Waals surface area contributed by atoms with Gasteiger partial charge in [0.2, 0.25) is 0 Å². The largest absolute Gasteiger partial charge is 0.456 e. The van der Waals surface area contributed by atoms with Gasteiger partial charge in [0.15, 0.2) is 0 Å². The molecule has 402 valence electrons. The Morgan fingerprint density at radius 3 is 1.21 bits per heavy atom. The average Bonchev–Trinajstić information content (AvgIpc) is 4.26. The summed E-state index contributed by atoms with van der Waals surface area (Å²) in [4.78, 5) is 0. The highest BCUT2D eigenvalue weighted by atomic mass is 16.3. The van der Waals surface area contributed by atoms with E-state index in [0.717, 1.165) is 55.3 Å². The lowest BCUT2D eigenvalue weighted by Gasteiger charge is -2.42. The minimum absolute atomic E-state index is 0.0787. The van der Waals surface area contributed by atoms with E-state index in [1.165, 1.54) is 155 Å². The summed E-state index contributed by atoms with van der Waals surface area (Å²) in [6.45, 7) is 14.8. The van der Waals surface area contributed by atoms with E-state index in [2.05, 4.69) is 239 Å². The van der Waals surface area contributed by atoms with E-state index in [0.29, 0.717) is 5.92 Å². The summed E-state index contributed by atoms with van der Waals surface area (Å²) < 4.78 is 18.5. The zero-order valence-electron chi connectivity index (χ0n) is 47.9. The van der Waals surface area contributed by atoms with Gasteiger partial charge < -0.3 is 18.0 Å². The van der Waals surface area contributed by atoms with Crippen molar-refractivity contribution in [2.75, 3.05) is 0 Å². The summed E-state index contributed by atoms with van der Waals surface area (Å²) in [6, 6.07) is 69.8. The average molecular weight is 1050 g/mol. The predicted octanol–water partition coefficient (Wildman–Crippen LogP) is 23.3. The normalized spacial score (nSPS) is 13.0. The first-order chi connectivity index (χ1) is 39.1. The number of para-hydroxylation sites is 4. The predicted molar refractivity (Wildman–Crippen MR) is 342 cm³/mol. The summed E-state index contributed by atoms with van der Waals surface area (Å²) in [5, 5.41) is 9.56. The van der Waals surface area contributed by atoms with Crippen molar-refractivity contribution >= 4 is 87.5 Å². The van der Waals surface area contributed by atoms with Crippen molar-refractivity contribution in [3.8, 4) is 33.6 Å². The van der Waals surface area contributed by atoms with Crippen LogP contribution in [0.1, 0.15) is 136 Å². The third-order valence-electron chi connectivity index (χ3n) is 18.4. The SMILES string of the molecule is CCCCCCCC(C)(C)C(CC(C)(CCCC)CCCC)c1cc(-c2ccc3c(c2)oc2ccc(-n4c5ccccc5c5ccccc54)cc23)cc(-c2ccc3c(c2)oc2ccc(-n4c5ccccc5c5ccccc54)cc23)c1. The number of fused-ring (bicyclic) bond motifs is 12. The maximum absolute atomic E-state index is 6.85. The van der Waals surface area contributed by atoms with Gasteiger partial charge in [-0.1, -0.05) is 196 Å². The van der Waals surface area contributed by atoms with Crippen LogP contribution in [0, 0.1) is 10.8 Å². The molecule has 0 spiro atoms. The molecular weight excluding hydrogens is 973 g/mol. The molecule has 0 aliphatic heterocycles. The third-order valence-corrected chi connectivity index (χ3v) is 18.4. The van der Waals surface area contributed by atoms with Crippen molar-refractivity contribution in [3.05, 3.63) is 194 Å². The van der Waals surface area contributed by atoms with Gasteiger partial charge >= 0.3 is 0 Å². The highest BCUT2D eigenvalue weighted by Gasteiger charge is 2.37. The Morgan fingerprint density at radius 1 is 0.350 bits per heavy atom. The Hall–Kier alpha value is -7.82. The van der Waals surface area contributed by atoms with Crippen molar-refractivity contribution in [2.24, 2.45) is 10.8 Å². The number of unbranched alkanes of at least 4 members (excludes halogenated alkanes) is 6. The Kier molecular flexibility index (Phi) is 13.8. The van der Waals surface area contributed by atoms with E-state index in [1.54, 1.807) is 0 Å². The first kappa shape index (κ1) is 51.6. The van der Waals surface area contributed by atoms with Crippen LogP contribution in [0.15, 0.2) is 197 Å². The molecule has 0 saturated carbocycles. The fourth-order valence-corrected chi connectivity index (χ4v) is 14.0. The monoisotopic (exact) mass is 1050 g/mol. The molecule has 1 unspecified atom stereocenters. The standard InChI is InChI=1S/C76H76N2O2/c1-7-10-13-14-23-40-75(4,5)66(50-76(6,41-11-8-2)42-12-9-3)55-44-53(51-32-36-62-64-48-56(34-38-71(64)79-73(62)46-51)77-67-28-19-15-24-58(67)59-25-16-20-29-68(59)77)43-54(45-55)52-33-37-63-65-49-57(35-39-72(65)80-74(63)47-52)78-69-30-21-17-26-60(69)61-27-18-22-31-70(61)78/h15-22,24-39,43-49,66H,7-14,23,40-42,50H2,1-6H3. The molecule has 0 N–H and O–H groups in total. The van der Waals surface area contributed by atoms with E-state index < -0.39 is 0 Å².